The predicted octanol–water partition coefficient (Wildman–Crippen LogP) is 4.82. The van der Waals surface area contributed by atoms with Crippen molar-refractivity contribution in [3.05, 3.63) is 23.5 Å². The lowest BCUT2D eigenvalue weighted by molar-refractivity contribution is -0.135. The monoisotopic (exact) mass is 356 g/mol. The highest BCUT2D eigenvalue weighted by molar-refractivity contribution is 5.91. The van der Waals surface area contributed by atoms with Crippen molar-refractivity contribution in [2.45, 2.75) is 77.4 Å². The molecule has 3 heteroatoms. The maximum atomic E-state index is 12.6. The van der Waals surface area contributed by atoms with Crippen LogP contribution in [0.2, 0.25) is 0 Å². The van der Waals surface area contributed by atoms with Crippen LogP contribution in [0.1, 0.15) is 66.2 Å². The molecule has 1 aliphatic heterocycles. The third-order valence-electron chi connectivity index (χ3n) is 9.37. The van der Waals surface area contributed by atoms with Crippen LogP contribution in [0.5, 0.6) is 0 Å². The zero-order chi connectivity index (χ0) is 18.5. The van der Waals surface area contributed by atoms with Gasteiger partial charge in [0.05, 0.1) is 12.9 Å². The summed E-state index contributed by atoms with van der Waals surface area (Å²) in [5.41, 5.74) is 1.06. The molecule has 3 nitrogen and oxygen atoms in total. The molecule has 7 atom stereocenters. The summed E-state index contributed by atoms with van der Waals surface area (Å²) < 4.78 is 11.8. The maximum Gasteiger partial charge on any atom is 0.165 e. The number of hydrogen-bond donors (Lipinski definition) is 0. The van der Waals surface area contributed by atoms with Crippen LogP contribution < -0.4 is 0 Å². The van der Waals surface area contributed by atoms with Crippen LogP contribution in [0.4, 0.5) is 0 Å². The normalized spacial score (nSPS) is 54.1. The average molecular weight is 357 g/mol. The van der Waals surface area contributed by atoms with Crippen molar-refractivity contribution in [3.8, 4) is 0 Å². The molecule has 1 heterocycles. The molecule has 0 aromatic carbocycles. The van der Waals surface area contributed by atoms with E-state index in [0.29, 0.717) is 11.8 Å². The molecule has 5 aliphatic rings. The van der Waals surface area contributed by atoms with Gasteiger partial charge in [-0.05, 0) is 80.8 Å². The highest BCUT2D eigenvalue weighted by atomic mass is 16.6. The first-order valence-corrected chi connectivity index (χ1v) is 10.4. The molecule has 0 radical (unpaired) electrons. The Bertz CT molecular complexity index is 751. The van der Waals surface area contributed by atoms with Crippen LogP contribution in [0.3, 0.4) is 0 Å². The van der Waals surface area contributed by atoms with Gasteiger partial charge in [-0.15, -0.1) is 0 Å². The van der Waals surface area contributed by atoms with E-state index < -0.39 is 5.60 Å². The third kappa shape index (κ3) is 1.68. The number of epoxide rings is 1. The summed E-state index contributed by atoms with van der Waals surface area (Å²) in [6.07, 6.45) is 11.6. The van der Waals surface area contributed by atoms with Gasteiger partial charge in [-0.1, -0.05) is 19.9 Å². The fraction of sp³-hybridized carbons (Fsp3) is 0.783. The molecular weight excluding hydrogens is 324 g/mol. The number of methoxy groups -OCH3 is 1. The van der Waals surface area contributed by atoms with Crippen LogP contribution in [0.15, 0.2) is 23.5 Å². The zero-order valence-corrected chi connectivity index (χ0v) is 16.9. The highest BCUT2D eigenvalue weighted by Gasteiger charge is 2.85. The molecule has 0 aromatic heterocycles. The molecule has 26 heavy (non-hydrogen) atoms. The van der Waals surface area contributed by atoms with E-state index >= 15 is 0 Å². The molecule has 5 unspecified atom stereocenters. The molecule has 4 aliphatic carbocycles. The summed E-state index contributed by atoms with van der Waals surface area (Å²) >= 11 is 0. The van der Waals surface area contributed by atoms with Crippen molar-refractivity contribution in [2.75, 3.05) is 7.11 Å². The first kappa shape index (κ1) is 17.0. The number of ketones is 1. The number of rotatable bonds is 2. The second-order valence-corrected chi connectivity index (χ2v) is 10.2. The molecule has 0 spiro atoms. The summed E-state index contributed by atoms with van der Waals surface area (Å²) in [6, 6.07) is 0. The summed E-state index contributed by atoms with van der Waals surface area (Å²) in [4.78, 5) is 12.6. The molecule has 0 aromatic rings. The van der Waals surface area contributed by atoms with Gasteiger partial charge < -0.3 is 9.47 Å². The average Bonchev–Trinajstić information content (AvgIpc) is 3.18. The number of ether oxygens (including phenoxy) is 2. The number of carbonyl (C=O) groups excluding carboxylic acids is 1. The van der Waals surface area contributed by atoms with E-state index in [0.717, 1.165) is 37.4 Å². The van der Waals surface area contributed by atoms with Gasteiger partial charge in [0.1, 0.15) is 5.60 Å². The van der Waals surface area contributed by atoms with Gasteiger partial charge in [0, 0.05) is 11.8 Å². The number of fused-ring (bicyclic) bond motifs is 7. The van der Waals surface area contributed by atoms with Gasteiger partial charge in [-0.25, -0.2) is 0 Å². The summed E-state index contributed by atoms with van der Waals surface area (Å²) in [6.45, 7) is 8.78. The maximum absolute atomic E-state index is 12.6. The highest BCUT2D eigenvalue weighted by Crippen LogP contribution is 2.77. The van der Waals surface area contributed by atoms with Gasteiger partial charge in [0.15, 0.2) is 11.4 Å². The third-order valence-corrected chi connectivity index (χ3v) is 9.37. The first-order valence-electron chi connectivity index (χ1n) is 10.4. The Morgan fingerprint density at radius 1 is 1.23 bits per heavy atom. The summed E-state index contributed by atoms with van der Waals surface area (Å²) in [5, 5.41) is 0. The van der Waals surface area contributed by atoms with Crippen molar-refractivity contribution in [1.29, 1.82) is 0 Å². The van der Waals surface area contributed by atoms with E-state index in [4.69, 9.17) is 9.47 Å². The molecule has 0 amide bonds. The predicted molar refractivity (Wildman–Crippen MR) is 100 cm³/mol. The number of Topliss-reactive ketones (excluding diaryl/α,β-unsaturated/α-hetero) is 1. The van der Waals surface area contributed by atoms with Crippen molar-refractivity contribution in [2.24, 2.45) is 28.6 Å². The molecule has 0 bridgehead atoms. The Kier molecular flexibility index (Phi) is 3.17. The smallest absolute Gasteiger partial charge is 0.165 e. The lowest BCUT2D eigenvalue weighted by atomic mass is 9.47. The summed E-state index contributed by atoms with van der Waals surface area (Å²) in [5.74, 6) is 3.40. The number of hydrogen-bond acceptors (Lipinski definition) is 3. The van der Waals surface area contributed by atoms with E-state index in [1.54, 1.807) is 14.0 Å². The zero-order valence-electron chi connectivity index (χ0n) is 16.9. The van der Waals surface area contributed by atoms with Crippen LogP contribution in [0, 0.1) is 28.6 Å². The fourth-order valence-electron chi connectivity index (χ4n) is 8.08. The minimum atomic E-state index is -0.504. The van der Waals surface area contributed by atoms with Gasteiger partial charge in [-0.3, -0.25) is 4.79 Å². The van der Waals surface area contributed by atoms with E-state index in [1.165, 1.54) is 18.4 Å². The Morgan fingerprint density at radius 3 is 2.69 bits per heavy atom. The van der Waals surface area contributed by atoms with Gasteiger partial charge >= 0.3 is 0 Å². The Balaban J connectivity index is 1.54. The van der Waals surface area contributed by atoms with Crippen LogP contribution in [0.25, 0.3) is 0 Å². The second-order valence-electron chi connectivity index (χ2n) is 10.2. The largest absolute Gasteiger partial charge is 0.501 e. The molecule has 3 fully saturated rings. The van der Waals surface area contributed by atoms with Crippen molar-refractivity contribution < 1.29 is 14.3 Å². The summed E-state index contributed by atoms with van der Waals surface area (Å²) in [7, 11) is 1.79. The van der Waals surface area contributed by atoms with E-state index in [-0.39, 0.29) is 22.2 Å². The van der Waals surface area contributed by atoms with Gasteiger partial charge in [0.2, 0.25) is 0 Å². The van der Waals surface area contributed by atoms with Crippen LogP contribution in [-0.2, 0) is 14.3 Å². The molecule has 2 saturated carbocycles. The molecule has 5 rings (SSSR count). The quantitative estimate of drug-likeness (QED) is 0.666. The minimum absolute atomic E-state index is 0.0125. The number of allylic oxidation sites excluding steroid dienone is 4. The van der Waals surface area contributed by atoms with E-state index in [1.807, 2.05) is 0 Å². The van der Waals surface area contributed by atoms with Crippen molar-refractivity contribution >= 4 is 5.78 Å². The molecular formula is C23H32O3. The van der Waals surface area contributed by atoms with Crippen molar-refractivity contribution in [3.63, 3.8) is 0 Å². The molecule has 0 N–H and O–H groups in total. The Hall–Kier alpha value is -1.09. The lowest BCUT2D eigenvalue weighted by Crippen LogP contribution is -2.53. The Morgan fingerprint density at radius 2 is 2.00 bits per heavy atom. The van der Waals surface area contributed by atoms with Crippen molar-refractivity contribution in [1.82, 2.24) is 0 Å². The standard InChI is InChI=1S/C23H32O3/c1-14(24)23-21(3)11-9-18-17(19(21)13-22(23,4)26-23)7-6-15-12-16(25-5)8-10-20(15,18)2/h6,12,17-19H,7-11,13H2,1-5H3/t17?,18?,19?,20?,21?,22-,23+/m1/s1. The van der Waals surface area contributed by atoms with Gasteiger partial charge in [-0.2, -0.15) is 0 Å². The van der Waals surface area contributed by atoms with Crippen LogP contribution in [-0.4, -0.2) is 24.1 Å². The second kappa shape index (κ2) is 4.84. The SMILES string of the molecule is COC1=CC2=CCC3C(CCC4(C)C3C[C@@]3(C)O[C@@]43C(C)=O)C2(C)CC1. The fourth-order valence-corrected chi connectivity index (χ4v) is 8.08. The van der Waals surface area contributed by atoms with E-state index in [2.05, 4.69) is 32.9 Å². The van der Waals surface area contributed by atoms with E-state index in [9.17, 15) is 4.79 Å². The molecule has 1 saturated heterocycles. The van der Waals surface area contributed by atoms with Gasteiger partial charge in [0.25, 0.3) is 0 Å². The number of carbonyl (C=O) groups is 1. The topological polar surface area (TPSA) is 38.8 Å². The van der Waals surface area contributed by atoms with Crippen LogP contribution >= 0.6 is 0 Å². The minimum Gasteiger partial charge on any atom is -0.501 e. The first-order chi connectivity index (χ1) is 12.2. The Labute approximate surface area is 157 Å². The molecule has 142 valence electrons. The lowest BCUT2D eigenvalue weighted by Gasteiger charge is -2.57.